The smallest absolute Gasteiger partial charge is 0.151 e. The van der Waals surface area contributed by atoms with E-state index in [1.807, 2.05) is 20.4 Å². The van der Waals surface area contributed by atoms with Crippen LogP contribution in [0.2, 0.25) is 5.15 Å². The van der Waals surface area contributed by atoms with Crippen LogP contribution >= 0.6 is 11.6 Å². The van der Waals surface area contributed by atoms with Crippen LogP contribution in [0.4, 0.5) is 0 Å². The van der Waals surface area contributed by atoms with Crippen LogP contribution in [0.1, 0.15) is 37.4 Å². The molecule has 1 aliphatic heterocycles. The molecular formula is C16H28ClN5. The van der Waals surface area contributed by atoms with E-state index >= 15 is 0 Å². The zero-order valence-corrected chi connectivity index (χ0v) is 14.5. The van der Waals surface area contributed by atoms with E-state index in [9.17, 15) is 0 Å². The summed E-state index contributed by atoms with van der Waals surface area (Å²) in [5.74, 6) is 0. The van der Waals surface area contributed by atoms with Gasteiger partial charge in [-0.3, -0.25) is 9.80 Å². The Hall–Kier alpha value is -0.620. The minimum Gasteiger partial charge on any atom is -0.335 e. The van der Waals surface area contributed by atoms with Gasteiger partial charge in [0.05, 0.1) is 18.1 Å². The van der Waals surface area contributed by atoms with Gasteiger partial charge < -0.3 is 9.88 Å². The molecule has 1 unspecified atom stereocenters. The van der Waals surface area contributed by atoms with Crippen LogP contribution in [0.3, 0.4) is 0 Å². The Labute approximate surface area is 138 Å². The number of likely N-dealkylation sites (N-methyl/N-ethyl adjacent to an activating group) is 1. The average molecular weight is 326 g/mol. The summed E-state index contributed by atoms with van der Waals surface area (Å²) in [6.07, 6.45) is 7.44. The third-order valence-electron chi connectivity index (χ3n) is 5.28. The number of imidazole rings is 1. The Balaban J connectivity index is 1.66. The van der Waals surface area contributed by atoms with E-state index in [0.29, 0.717) is 11.2 Å². The van der Waals surface area contributed by atoms with Crippen molar-refractivity contribution in [2.24, 2.45) is 7.05 Å². The molecule has 124 valence electrons. The Bertz CT molecular complexity index is 455. The molecule has 2 aliphatic rings. The first-order chi connectivity index (χ1) is 10.7. The van der Waals surface area contributed by atoms with E-state index in [2.05, 4.69) is 24.7 Å². The number of halogens is 1. The zero-order chi connectivity index (χ0) is 15.5. The molecule has 5 nitrogen and oxygen atoms in total. The van der Waals surface area contributed by atoms with Crippen LogP contribution in [0.25, 0.3) is 0 Å². The van der Waals surface area contributed by atoms with E-state index in [4.69, 9.17) is 11.6 Å². The van der Waals surface area contributed by atoms with Gasteiger partial charge >= 0.3 is 0 Å². The molecule has 1 aliphatic carbocycles. The van der Waals surface area contributed by atoms with Crippen molar-refractivity contribution in [3.05, 3.63) is 17.2 Å². The van der Waals surface area contributed by atoms with Gasteiger partial charge in [0.15, 0.2) is 5.15 Å². The third-order valence-corrected chi connectivity index (χ3v) is 5.57. The number of nitrogens with one attached hydrogen (secondary N) is 1. The maximum atomic E-state index is 6.33. The predicted molar refractivity (Wildman–Crippen MR) is 90.3 cm³/mol. The Morgan fingerprint density at radius 3 is 2.50 bits per heavy atom. The van der Waals surface area contributed by atoms with Crippen molar-refractivity contribution in [3.8, 4) is 0 Å². The van der Waals surface area contributed by atoms with E-state index in [-0.39, 0.29) is 0 Å². The van der Waals surface area contributed by atoms with Crippen LogP contribution in [-0.2, 0) is 7.05 Å². The molecular weight excluding hydrogens is 298 g/mol. The van der Waals surface area contributed by atoms with Gasteiger partial charge in [0.2, 0.25) is 0 Å². The number of hydrogen-bond donors (Lipinski definition) is 1. The molecule has 3 rings (SSSR count). The Morgan fingerprint density at radius 2 is 1.95 bits per heavy atom. The summed E-state index contributed by atoms with van der Waals surface area (Å²) in [7, 11) is 4.04. The van der Waals surface area contributed by atoms with E-state index in [0.717, 1.165) is 31.4 Å². The number of nitrogens with zero attached hydrogens (tertiary/aromatic N) is 4. The maximum absolute atomic E-state index is 6.33. The predicted octanol–water partition coefficient (Wildman–Crippen LogP) is 1.89. The van der Waals surface area contributed by atoms with Gasteiger partial charge in [-0.05, 0) is 19.9 Å². The van der Waals surface area contributed by atoms with Crippen LogP contribution in [0.5, 0.6) is 0 Å². The largest absolute Gasteiger partial charge is 0.335 e. The molecule has 2 heterocycles. The van der Waals surface area contributed by atoms with Gasteiger partial charge in [0.1, 0.15) is 0 Å². The first-order valence-electron chi connectivity index (χ1n) is 8.50. The molecule has 1 aromatic heterocycles. The minimum atomic E-state index is 0.302. The summed E-state index contributed by atoms with van der Waals surface area (Å²) in [5.41, 5.74) is 1.13. The lowest BCUT2D eigenvalue weighted by Gasteiger charge is -2.41. The van der Waals surface area contributed by atoms with Crippen LogP contribution in [-0.4, -0.2) is 65.2 Å². The normalized spacial score (nSPS) is 23.2. The molecule has 1 atom stereocenters. The van der Waals surface area contributed by atoms with Gasteiger partial charge in [0.25, 0.3) is 0 Å². The second-order valence-electron chi connectivity index (χ2n) is 6.62. The molecule has 0 amide bonds. The number of aryl methyl sites for hydroxylation is 1. The highest BCUT2D eigenvalue weighted by Gasteiger charge is 2.31. The second-order valence-corrected chi connectivity index (χ2v) is 6.97. The zero-order valence-electron chi connectivity index (χ0n) is 13.8. The number of piperazine rings is 1. The summed E-state index contributed by atoms with van der Waals surface area (Å²) in [5, 5.41) is 3.96. The standard InChI is InChI=1S/C16H28ClN5/c1-18-11-14(15-16(17)19-12-20(15)2)22-9-7-21(8-10-22)13-5-3-4-6-13/h12-14,18H,3-11H2,1-2H3. The molecule has 1 aromatic rings. The monoisotopic (exact) mass is 325 g/mol. The Morgan fingerprint density at radius 1 is 1.27 bits per heavy atom. The number of hydrogen-bond acceptors (Lipinski definition) is 4. The van der Waals surface area contributed by atoms with Gasteiger partial charge in [-0.1, -0.05) is 24.4 Å². The molecule has 0 aromatic carbocycles. The molecule has 1 saturated carbocycles. The van der Waals surface area contributed by atoms with Crippen LogP contribution < -0.4 is 5.32 Å². The number of aromatic nitrogens is 2. The topological polar surface area (TPSA) is 36.3 Å². The van der Waals surface area contributed by atoms with Crippen molar-refractivity contribution in [1.29, 1.82) is 0 Å². The maximum Gasteiger partial charge on any atom is 0.151 e. The van der Waals surface area contributed by atoms with Crippen molar-refractivity contribution in [2.75, 3.05) is 39.8 Å². The van der Waals surface area contributed by atoms with E-state index in [1.165, 1.54) is 38.8 Å². The summed E-state index contributed by atoms with van der Waals surface area (Å²) in [6, 6.07) is 1.14. The van der Waals surface area contributed by atoms with Crippen molar-refractivity contribution < 1.29 is 0 Å². The first kappa shape index (κ1) is 16.2. The van der Waals surface area contributed by atoms with E-state index < -0.39 is 0 Å². The second kappa shape index (κ2) is 7.30. The van der Waals surface area contributed by atoms with Crippen LogP contribution in [0, 0.1) is 0 Å². The highest BCUT2D eigenvalue weighted by molar-refractivity contribution is 6.30. The lowest BCUT2D eigenvalue weighted by molar-refractivity contribution is 0.0682. The molecule has 0 bridgehead atoms. The molecule has 0 spiro atoms. The lowest BCUT2D eigenvalue weighted by Crippen LogP contribution is -2.52. The van der Waals surface area contributed by atoms with Gasteiger partial charge in [0, 0.05) is 45.8 Å². The summed E-state index contributed by atoms with van der Waals surface area (Å²) in [6.45, 7) is 5.50. The van der Waals surface area contributed by atoms with Gasteiger partial charge in [-0.15, -0.1) is 0 Å². The number of rotatable bonds is 5. The molecule has 1 saturated heterocycles. The first-order valence-corrected chi connectivity index (χ1v) is 8.88. The van der Waals surface area contributed by atoms with Crippen molar-refractivity contribution in [1.82, 2.24) is 24.7 Å². The minimum absolute atomic E-state index is 0.302. The van der Waals surface area contributed by atoms with Gasteiger partial charge in [-0.2, -0.15) is 0 Å². The van der Waals surface area contributed by atoms with Crippen molar-refractivity contribution in [3.63, 3.8) is 0 Å². The van der Waals surface area contributed by atoms with Crippen molar-refractivity contribution in [2.45, 2.75) is 37.8 Å². The highest BCUT2D eigenvalue weighted by atomic mass is 35.5. The van der Waals surface area contributed by atoms with Crippen molar-refractivity contribution >= 4 is 11.6 Å². The summed E-state index contributed by atoms with van der Waals surface area (Å²) in [4.78, 5) is 9.52. The fraction of sp³-hybridized carbons (Fsp3) is 0.812. The third kappa shape index (κ3) is 3.32. The SMILES string of the molecule is CNCC(c1c(Cl)ncn1C)N1CCN(C2CCCC2)CC1. The van der Waals surface area contributed by atoms with E-state index in [1.54, 1.807) is 0 Å². The fourth-order valence-corrected chi connectivity index (χ4v) is 4.36. The average Bonchev–Trinajstić information content (AvgIpc) is 3.17. The molecule has 1 N–H and O–H groups in total. The Kier molecular flexibility index (Phi) is 5.39. The van der Waals surface area contributed by atoms with Crippen LogP contribution in [0.15, 0.2) is 6.33 Å². The quantitative estimate of drug-likeness (QED) is 0.897. The van der Waals surface area contributed by atoms with Gasteiger partial charge in [-0.25, -0.2) is 4.98 Å². The fourth-order valence-electron chi connectivity index (χ4n) is 4.06. The molecule has 6 heteroatoms. The summed E-state index contributed by atoms with van der Waals surface area (Å²) >= 11 is 6.33. The molecule has 22 heavy (non-hydrogen) atoms. The summed E-state index contributed by atoms with van der Waals surface area (Å²) < 4.78 is 2.06. The molecule has 2 fully saturated rings. The highest BCUT2D eigenvalue weighted by Crippen LogP contribution is 2.29. The molecule has 0 radical (unpaired) electrons. The lowest BCUT2D eigenvalue weighted by atomic mass is 10.1.